The molecule has 146 valence electrons. The predicted octanol–water partition coefficient (Wildman–Crippen LogP) is -3.74. The lowest BCUT2D eigenvalue weighted by Crippen LogP contribution is -3.00. The number of ketones is 1. The van der Waals surface area contributed by atoms with Crippen LogP contribution in [0.1, 0.15) is 24.0 Å². The Labute approximate surface area is 169 Å². The van der Waals surface area contributed by atoms with Crippen molar-refractivity contribution in [1.82, 2.24) is 4.98 Å². The number of pyridine rings is 1. The second-order valence-corrected chi connectivity index (χ2v) is 6.40. The summed E-state index contributed by atoms with van der Waals surface area (Å²) in [5, 5.41) is 2.73. The molecule has 5 nitrogen and oxygen atoms in total. The Kier molecular flexibility index (Phi) is 8.82. The number of Topliss-reactive ketones (excluding diaryl/α,β-unsaturated/α-hetero) is 1. The summed E-state index contributed by atoms with van der Waals surface area (Å²) in [5.74, 6) is -0.447. The van der Waals surface area contributed by atoms with Crippen LogP contribution in [-0.4, -0.2) is 22.7 Å². The number of hydrogen-bond acceptors (Lipinski definition) is 4. The normalized spacial score (nSPS) is 16.2. The number of amides is 1. The summed E-state index contributed by atoms with van der Waals surface area (Å²) in [4.78, 5) is 28.5. The first kappa shape index (κ1) is 23.0. The highest BCUT2D eigenvalue weighted by atomic mass is 35.5. The number of aromatic nitrogens is 1. The molecule has 1 amide bonds. The molecule has 0 radical (unpaired) electrons. The third kappa shape index (κ3) is 5.99. The van der Waals surface area contributed by atoms with E-state index < -0.39 is 12.0 Å². The summed E-state index contributed by atoms with van der Waals surface area (Å²) in [6.45, 7) is 0. The maximum atomic E-state index is 13.7. The zero-order valence-corrected chi connectivity index (χ0v) is 16.0. The lowest BCUT2D eigenvalue weighted by atomic mass is 9.89. The van der Waals surface area contributed by atoms with Gasteiger partial charge in [-0.05, 0) is 36.1 Å². The molecule has 1 aromatic heterocycles. The number of nitrogens with one attached hydrogen (secondary N) is 1. The van der Waals surface area contributed by atoms with E-state index in [0.29, 0.717) is 24.2 Å². The molecule has 2 atom stereocenters. The number of carbonyl (C=O) groups is 2. The molecule has 0 aliphatic carbocycles. The number of benzene rings is 1. The summed E-state index contributed by atoms with van der Waals surface area (Å²) in [6.07, 6.45) is 2.65. The molecule has 0 saturated heterocycles. The highest BCUT2D eigenvalue weighted by Gasteiger charge is 2.29. The lowest BCUT2D eigenvalue weighted by molar-refractivity contribution is -0.126. The van der Waals surface area contributed by atoms with Gasteiger partial charge in [-0.1, -0.05) is 24.3 Å². The van der Waals surface area contributed by atoms with E-state index in [9.17, 15) is 14.0 Å². The van der Waals surface area contributed by atoms with Gasteiger partial charge < -0.3 is 35.9 Å². The maximum absolute atomic E-state index is 13.7. The number of halogens is 3. The fourth-order valence-corrected chi connectivity index (χ4v) is 3.13. The summed E-state index contributed by atoms with van der Waals surface area (Å²) in [7, 11) is 0. The minimum absolute atomic E-state index is 0. The molecule has 2 aromatic rings. The maximum Gasteiger partial charge on any atom is 0.229 e. The van der Waals surface area contributed by atoms with Crippen molar-refractivity contribution in [3.8, 4) is 0 Å². The van der Waals surface area contributed by atoms with Crippen LogP contribution in [0.3, 0.4) is 0 Å². The molecule has 1 aliphatic heterocycles. The Morgan fingerprint density at radius 3 is 2.74 bits per heavy atom. The van der Waals surface area contributed by atoms with E-state index >= 15 is 0 Å². The number of fused-ring (bicyclic) bond motifs is 1. The molecule has 3 rings (SSSR count). The first-order valence-corrected chi connectivity index (χ1v) is 8.28. The standard InChI is InChI=1S/C19H20FN3O2.2ClH/c20-17-6-2-1-4-12(17)9-15(21)11-16(24)10-14-8-13-5-3-7-22-18(13)23-19(14)25;;/h1-7,14-15H,8-11,21H2,(H,22,23,25);2*1H/p-2/t14?,15-;;/m1../s1. The van der Waals surface area contributed by atoms with Crippen LogP contribution in [0.15, 0.2) is 42.6 Å². The van der Waals surface area contributed by atoms with Crippen LogP contribution in [0.25, 0.3) is 0 Å². The van der Waals surface area contributed by atoms with Gasteiger partial charge in [0.15, 0.2) is 0 Å². The van der Waals surface area contributed by atoms with Crippen LogP contribution >= 0.6 is 0 Å². The molecule has 8 heteroatoms. The fraction of sp³-hybridized carbons (Fsp3) is 0.316. The van der Waals surface area contributed by atoms with Gasteiger partial charge in [-0.15, -0.1) is 0 Å². The highest BCUT2D eigenvalue weighted by Crippen LogP contribution is 2.25. The van der Waals surface area contributed by atoms with Gasteiger partial charge in [0.1, 0.15) is 17.4 Å². The Balaban J connectivity index is 0.00000182. The molecule has 1 aromatic carbocycles. The smallest absolute Gasteiger partial charge is 0.229 e. The molecule has 1 unspecified atom stereocenters. The van der Waals surface area contributed by atoms with Crippen molar-refractivity contribution in [1.29, 1.82) is 0 Å². The van der Waals surface area contributed by atoms with Gasteiger partial charge in [0.05, 0.1) is 0 Å². The number of nitrogens with zero attached hydrogens (tertiary/aromatic N) is 1. The van der Waals surface area contributed by atoms with E-state index in [1.165, 1.54) is 6.07 Å². The molecule has 0 fully saturated rings. The molecule has 27 heavy (non-hydrogen) atoms. The first-order valence-electron chi connectivity index (χ1n) is 8.28. The SMILES string of the molecule is N[C@@H](CC(=O)CC1Cc2cccnc2NC1=O)Cc1ccccc1F.[Cl-].[Cl-]. The Morgan fingerprint density at radius 1 is 1.26 bits per heavy atom. The second-order valence-electron chi connectivity index (χ2n) is 6.40. The largest absolute Gasteiger partial charge is 1.00 e. The Morgan fingerprint density at radius 2 is 2.00 bits per heavy atom. The number of rotatable bonds is 6. The topological polar surface area (TPSA) is 85.1 Å². The van der Waals surface area contributed by atoms with Crippen molar-refractivity contribution in [3.63, 3.8) is 0 Å². The number of anilines is 1. The average molecular weight is 412 g/mol. The molecule has 0 spiro atoms. The molecular weight excluding hydrogens is 392 g/mol. The summed E-state index contributed by atoms with van der Waals surface area (Å²) in [5.41, 5.74) is 7.42. The van der Waals surface area contributed by atoms with E-state index in [0.717, 1.165) is 5.56 Å². The molecule has 3 N–H and O–H groups in total. The summed E-state index contributed by atoms with van der Waals surface area (Å²) >= 11 is 0. The van der Waals surface area contributed by atoms with Gasteiger partial charge in [0, 0.05) is 31.0 Å². The van der Waals surface area contributed by atoms with Gasteiger partial charge in [0.2, 0.25) is 5.91 Å². The predicted molar refractivity (Wildman–Crippen MR) is 92.4 cm³/mol. The van der Waals surface area contributed by atoms with E-state index in [2.05, 4.69) is 10.3 Å². The van der Waals surface area contributed by atoms with E-state index in [1.54, 1.807) is 30.5 Å². The molecular formula is C19H20Cl2FN3O2-2. The van der Waals surface area contributed by atoms with E-state index in [1.807, 2.05) is 6.07 Å². The zero-order chi connectivity index (χ0) is 17.8. The zero-order valence-electron chi connectivity index (χ0n) is 14.5. The average Bonchev–Trinajstić information content (AvgIpc) is 2.57. The molecule has 2 heterocycles. The number of nitrogens with two attached hydrogens (primary N) is 1. The van der Waals surface area contributed by atoms with Gasteiger partial charge >= 0.3 is 0 Å². The van der Waals surface area contributed by atoms with E-state index in [-0.39, 0.29) is 55.2 Å². The molecule has 0 saturated carbocycles. The number of hydrogen-bond donors (Lipinski definition) is 2. The van der Waals surface area contributed by atoms with Crippen molar-refractivity contribution in [2.24, 2.45) is 11.7 Å². The minimum atomic E-state index is -0.468. The fourth-order valence-electron chi connectivity index (χ4n) is 3.13. The van der Waals surface area contributed by atoms with Gasteiger partial charge in [0.25, 0.3) is 0 Å². The third-order valence-corrected chi connectivity index (χ3v) is 4.37. The van der Waals surface area contributed by atoms with Gasteiger partial charge in [-0.25, -0.2) is 9.37 Å². The number of carbonyl (C=O) groups excluding carboxylic acids is 2. The van der Waals surface area contributed by atoms with Crippen LogP contribution in [0, 0.1) is 11.7 Å². The Bertz CT molecular complexity index is 804. The van der Waals surface area contributed by atoms with Crippen LogP contribution < -0.4 is 35.9 Å². The monoisotopic (exact) mass is 411 g/mol. The van der Waals surface area contributed by atoms with Crippen molar-refractivity contribution in [3.05, 3.63) is 59.5 Å². The highest BCUT2D eigenvalue weighted by molar-refractivity contribution is 5.97. The van der Waals surface area contributed by atoms with E-state index in [4.69, 9.17) is 5.73 Å². The van der Waals surface area contributed by atoms with Crippen molar-refractivity contribution in [2.75, 3.05) is 5.32 Å². The summed E-state index contributed by atoms with van der Waals surface area (Å²) in [6, 6.07) is 9.63. The van der Waals surface area contributed by atoms with Crippen LogP contribution in [0.4, 0.5) is 10.2 Å². The molecule has 1 aliphatic rings. The van der Waals surface area contributed by atoms with Crippen LogP contribution in [0.2, 0.25) is 0 Å². The van der Waals surface area contributed by atoms with Gasteiger partial charge in [-0.2, -0.15) is 0 Å². The first-order chi connectivity index (χ1) is 12.0. The molecule has 0 bridgehead atoms. The Hall–Kier alpha value is -2.02. The van der Waals surface area contributed by atoms with Crippen molar-refractivity contribution in [2.45, 2.75) is 31.7 Å². The van der Waals surface area contributed by atoms with Crippen molar-refractivity contribution >= 4 is 17.5 Å². The van der Waals surface area contributed by atoms with Crippen LogP contribution in [-0.2, 0) is 22.4 Å². The lowest BCUT2D eigenvalue weighted by Gasteiger charge is -2.23. The minimum Gasteiger partial charge on any atom is -1.00 e. The van der Waals surface area contributed by atoms with Crippen molar-refractivity contribution < 1.29 is 38.8 Å². The van der Waals surface area contributed by atoms with Crippen LogP contribution in [0.5, 0.6) is 0 Å². The quantitative estimate of drug-likeness (QED) is 0.511. The van der Waals surface area contributed by atoms with Gasteiger partial charge in [-0.3, -0.25) is 9.59 Å². The summed E-state index contributed by atoms with van der Waals surface area (Å²) < 4.78 is 13.7. The second kappa shape index (κ2) is 10.3. The third-order valence-electron chi connectivity index (χ3n) is 4.37.